The second-order valence-electron chi connectivity index (χ2n) is 4.79. The van der Waals surface area contributed by atoms with E-state index in [1.54, 1.807) is 18.2 Å². The van der Waals surface area contributed by atoms with Crippen molar-refractivity contribution in [2.45, 2.75) is 0 Å². The molecule has 2 rings (SSSR count). The van der Waals surface area contributed by atoms with E-state index in [9.17, 15) is 4.79 Å². The summed E-state index contributed by atoms with van der Waals surface area (Å²) in [4.78, 5) is 14.4. The molecule has 21 heavy (non-hydrogen) atoms. The van der Waals surface area contributed by atoms with Gasteiger partial charge < -0.3 is 20.7 Å². The normalized spacial score (nSPS) is 10.0. The van der Waals surface area contributed by atoms with Gasteiger partial charge in [-0.25, -0.2) is 0 Å². The van der Waals surface area contributed by atoms with Gasteiger partial charge >= 0.3 is 0 Å². The first-order valence-corrected chi connectivity index (χ1v) is 6.54. The molecule has 0 fully saturated rings. The highest BCUT2D eigenvalue weighted by Gasteiger charge is 2.16. The second kappa shape index (κ2) is 6.17. The lowest BCUT2D eigenvalue weighted by Gasteiger charge is -2.18. The molecular formula is C16H19N3O2. The molecule has 0 heterocycles. The van der Waals surface area contributed by atoms with Crippen molar-refractivity contribution in [2.75, 3.05) is 37.2 Å². The first kappa shape index (κ1) is 14.7. The average molecular weight is 285 g/mol. The van der Waals surface area contributed by atoms with Crippen LogP contribution in [0.2, 0.25) is 0 Å². The molecule has 2 aromatic rings. The maximum absolute atomic E-state index is 12.5. The fourth-order valence-electron chi connectivity index (χ4n) is 2.12. The number of nitrogens with two attached hydrogens (primary N) is 1. The van der Waals surface area contributed by atoms with Crippen LogP contribution in [0.3, 0.4) is 0 Å². The van der Waals surface area contributed by atoms with E-state index >= 15 is 0 Å². The van der Waals surface area contributed by atoms with E-state index in [1.165, 1.54) is 7.11 Å². The van der Waals surface area contributed by atoms with Gasteiger partial charge in [0, 0.05) is 14.1 Å². The van der Waals surface area contributed by atoms with Crippen LogP contribution in [0.25, 0.3) is 0 Å². The van der Waals surface area contributed by atoms with Crippen LogP contribution in [0, 0.1) is 0 Å². The molecule has 0 aromatic heterocycles. The topological polar surface area (TPSA) is 67.6 Å². The SMILES string of the molecule is COc1c(N)cccc1C(=O)Nc1ccccc1N(C)C. The molecule has 5 nitrogen and oxygen atoms in total. The van der Waals surface area contributed by atoms with Gasteiger partial charge in [0.25, 0.3) is 5.91 Å². The van der Waals surface area contributed by atoms with Crippen molar-refractivity contribution >= 4 is 23.0 Å². The number of hydrogen-bond donors (Lipinski definition) is 2. The van der Waals surface area contributed by atoms with E-state index in [1.807, 2.05) is 43.3 Å². The summed E-state index contributed by atoms with van der Waals surface area (Å²) >= 11 is 0. The Bertz CT molecular complexity index is 654. The molecule has 0 atom stereocenters. The Hall–Kier alpha value is -2.69. The number of nitrogen functional groups attached to an aromatic ring is 1. The summed E-state index contributed by atoms with van der Waals surface area (Å²) in [6.07, 6.45) is 0. The van der Waals surface area contributed by atoms with Gasteiger partial charge in [-0.3, -0.25) is 4.79 Å². The lowest BCUT2D eigenvalue weighted by Crippen LogP contribution is -2.17. The van der Waals surface area contributed by atoms with Gasteiger partial charge in [0.05, 0.1) is 29.7 Å². The number of amides is 1. The van der Waals surface area contributed by atoms with Crippen molar-refractivity contribution in [1.82, 2.24) is 0 Å². The predicted molar refractivity (Wildman–Crippen MR) is 86.1 cm³/mol. The predicted octanol–water partition coefficient (Wildman–Crippen LogP) is 2.60. The molecule has 0 aliphatic carbocycles. The molecule has 1 amide bonds. The Labute approximate surface area is 124 Å². The van der Waals surface area contributed by atoms with E-state index < -0.39 is 0 Å². The van der Waals surface area contributed by atoms with Crippen LogP contribution in [0.4, 0.5) is 17.1 Å². The molecule has 0 saturated heterocycles. The van der Waals surface area contributed by atoms with Crippen LogP contribution < -0.4 is 20.7 Å². The quantitative estimate of drug-likeness (QED) is 0.847. The zero-order valence-electron chi connectivity index (χ0n) is 12.4. The molecule has 0 aliphatic rings. The fourth-order valence-corrected chi connectivity index (χ4v) is 2.12. The van der Waals surface area contributed by atoms with Crippen LogP contribution in [-0.4, -0.2) is 27.1 Å². The number of carbonyl (C=O) groups excluding carboxylic acids is 1. The van der Waals surface area contributed by atoms with Crippen molar-refractivity contribution in [3.63, 3.8) is 0 Å². The minimum absolute atomic E-state index is 0.256. The molecule has 0 radical (unpaired) electrons. The van der Waals surface area contributed by atoms with E-state index in [2.05, 4.69) is 5.32 Å². The number of hydrogen-bond acceptors (Lipinski definition) is 4. The molecule has 0 bridgehead atoms. The van der Waals surface area contributed by atoms with Crippen LogP contribution in [0.15, 0.2) is 42.5 Å². The number of anilines is 3. The Kier molecular flexibility index (Phi) is 4.33. The summed E-state index contributed by atoms with van der Waals surface area (Å²) in [5, 5.41) is 2.89. The number of benzene rings is 2. The minimum atomic E-state index is -0.256. The Morgan fingerprint density at radius 3 is 2.52 bits per heavy atom. The van der Waals surface area contributed by atoms with E-state index in [0.717, 1.165) is 11.4 Å². The highest BCUT2D eigenvalue weighted by atomic mass is 16.5. The van der Waals surface area contributed by atoms with E-state index in [0.29, 0.717) is 17.0 Å². The summed E-state index contributed by atoms with van der Waals surface area (Å²) in [5.41, 5.74) is 8.33. The first-order chi connectivity index (χ1) is 10.0. The molecule has 5 heteroatoms. The van der Waals surface area contributed by atoms with Crippen molar-refractivity contribution in [3.05, 3.63) is 48.0 Å². The van der Waals surface area contributed by atoms with Gasteiger partial charge in [0.2, 0.25) is 0 Å². The van der Waals surface area contributed by atoms with Crippen LogP contribution >= 0.6 is 0 Å². The number of rotatable bonds is 4. The summed E-state index contributed by atoms with van der Waals surface area (Å²) in [6, 6.07) is 12.7. The largest absolute Gasteiger partial charge is 0.494 e. The smallest absolute Gasteiger partial charge is 0.259 e. The number of carbonyl (C=O) groups is 1. The molecule has 0 aliphatic heterocycles. The van der Waals surface area contributed by atoms with Gasteiger partial charge in [0.15, 0.2) is 5.75 Å². The molecule has 2 aromatic carbocycles. The number of nitrogens with one attached hydrogen (secondary N) is 1. The van der Waals surface area contributed by atoms with Gasteiger partial charge in [-0.2, -0.15) is 0 Å². The van der Waals surface area contributed by atoms with Crippen molar-refractivity contribution in [2.24, 2.45) is 0 Å². The third-order valence-corrected chi connectivity index (χ3v) is 3.13. The highest BCUT2D eigenvalue weighted by Crippen LogP contribution is 2.28. The van der Waals surface area contributed by atoms with Crippen molar-refractivity contribution in [1.29, 1.82) is 0 Å². The van der Waals surface area contributed by atoms with Gasteiger partial charge in [-0.15, -0.1) is 0 Å². The number of ether oxygens (including phenoxy) is 1. The minimum Gasteiger partial charge on any atom is -0.494 e. The number of methoxy groups -OCH3 is 1. The summed E-state index contributed by atoms with van der Waals surface area (Å²) in [6.45, 7) is 0. The highest BCUT2D eigenvalue weighted by molar-refractivity contribution is 6.08. The first-order valence-electron chi connectivity index (χ1n) is 6.54. The maximum Gasteiger partial charge on any atom is 0.259 e. The lowest BCUT2D eigenvalue weighted by molar-refractivity contribution is 0.102. The molecule has 0 spiro atoms. The van der Waals surface area contributed by atoms with Gasteiger partial charge in [-0.1, -0.05) is 18.2 Å². The monoisotopic (exact) mass is 285 g/mol. The van der Waals surface area contributed by atoms with Crippen LogP contribution in [-0.2, 0) is 0 Å². The van der Waals surface area contributed by atoms with Crippen molar-refractivity contribution in [3.8, 4) is 5.75 Å². The molecule has 0 saturated carbocycles. The fraction of sp³-hybridized carbons (Fsp3) is 0.188. The molecule has 3 N–H and O–H groups in total. The standard InChI is InChI=1S/C16H19N3O2/c1-19(2)14-10-5-4-9-13(14)18-16(20)11-7-6-8-12(17)15(11)21-3/h4-10H,17H2,1-3H3,(H,18,20). The summed E-state index contributed by atoms with van der Waals surface area (Å²) in [7, 11) is 5.34. The van der Waals surface area contributed by atoms with Gasteiger partial charge in [0.1, 0.15) is 0 Å². The summed E-state index contributed by atoms with van der Waals surface area (Å²) in [5.74, 6) is 0.130. The summed E-state index contributed by atoms with van der Waals surface area (Å²) < 4.78 is 5.22. The lowest BCUT2D eigenvalue weighted by atomic mass is 10.1. The van der Waals surface area contributed by atoms with Crippen LogP contribution in [0.1, 0.15) is 10.4 Å². The molecule has 110 valence electrons. The average Bonchev–Trinajstić information content (AvgIpc) is 2.47. The second-order valence-corrected chi connectivity index (χ2v) is 4.79. The number of para-hydroxylation sites is 3. The molecule has 0 unspecified atom stereocenters. The third kappa shape index (κ3) is 3.08. The van der Waals surface area contributed by atoms with Crippen LogP contribution in [0.5, 0.6) is 5.75 Å². The maximum atomic E-state index is 12.5. The Morgan fingerprint density at radius 1 is 1.14 bits per heavy atom. The third-order valence-electron chi connectivity index (χ3n) is 3.13. The zero-order valence-corrected chi connectivity index (χ0v) is 12.4. The Morgan fingerprint density at radius 2 is 1.86 bits per heavy atom. The van der Waals surface area contributed by atoms with Crippen molar-refractivity contribution < 1.29 is 9.53 Å². The molecular weight excluding hydrogens is 266 g/mol. The van der Waals surface area contributed by atoms with E-state index in [-0.39, 0.29) is 5.91 Å². The number of nitrogens with zero attached hydrogens (tertiary/aromatic N) is 1. The van der Waals surface area contributed by atoms with Gasteiger partial charge in [-0.05, 0) is 24.3 Å². The van der Waals surface area contributed by atoms with E-state index in [4.69, 9.17) is 10.5 Å². The Balaban J connectivity index is 2.33. The zero-order chi connectivity index (χ0) is 15.4.